The van der Waals surface area contributed by atoms with Gasteiger partial charge in [0.25, 0.3) is 5.91 Å². The van der Waals surface area contributed by atoms with Crippen LogP contribution in [0.15, 0.2) is 24.5 Å². The number of carbonyl (C=O) groups excluding carboxylic acids is 1. The average Bonchev–Trinajstić information content (AvgIpc) is 2.84. The van der Waals surface area contributed by atoms with Crippen molar-refractivity contribution >= 4 is 16.9 Å². The number of nitrogens with one attached hydrogen (secondary N) is 1. The number of fused-ring (bicyclic) bond motifs is 1. The van der Waals surface area contributed by atoms with E-state index in [1.807, 2.05) is 23.1 Å². The lowest BCUT2D eigenvalue weighted by atomic mass is 10.1. The number of carbonyl (C=O) groups is 1. The predicted molar refractivity (Wildman–Crippen MR) is 72.6 cm³/mol. The Hall–Kier alpha value is -1.84. The summed E-state index contributed by atoms with van der Waals surface area (Å²) in [6.45, 7) is 5.81. The zero-order valence-electron chi connectivity index (χ0n) is 10.9. The van der Waals surface area contributed by atoms with Crippen molar-refractivity contribution in [1.29, 1.82) is 0 Å². The number of aromatic nitrogens is 2. The van der Waals surface area contributed by atoms with Gasteiger partial charge in [-0.2, -0.15) is 0 Å². The number of nitrogens with zero attached hydrogens (tertiary/aromatic N) is 2. The maximum absolute atomic E-state index is 12.4. The molecule has 0 atom stereocenters. The summed E-state index contributed by atoms with van der Waals surface area (Å²) in [4.78, 5) is 21.5. The quantitative estimate of drug-likeness (QED) is 0.880. The molecule has 0 unspecified atom stereocenters. The van der Waals surface area contributed by atoms with Gasteiger partial charge in [0.2, 0.25) is 0 Å². The highest BCUT2D eigenvalue weighted by molar-refractivity contribution is 5.97. The zero-order chi connectivity index (χ0) is 13.0. The number of amides is 1. The molecule has 4 heteroatoms. The molecule has 0 aliphatic heterocycles. The molecule has 1 amide bonds. The van der Waals surface area contributed by atoms with Gasteiger partial charge in [-0.05, 0) is 31.0 Å². The molecule has 96 valence electrons. The van der Waals surface area contributed by atoms with E-state index in [4.69, 9.17) is 0 Å². The Labute approximate surface area is 107 Å². The van der Waals surface area contributed by atoms with E-state index >= 15 is 0 Å². The third-order valence-electron chi connectivity index (χ3n) is 2.94. The van der Waals surface area contributed by atoms with E-state index in [1.54, 1.807) is 6.33 Å². The highest BCUT2D eigenvalue weighted by Gasteiger charge is 2.14. The van der Waals surface area contributed by atoms with Crippen molar-refractivity contribution in [3.05, 3.63) is 30.1 Å². The molecule has 2 aromatic rings. The van der Waals surface area contributed by atoms with Crippen LogP contribution in [0.5, 0.6) is 0 Å². The van der Waals surface area contributed by atoms with E-state index in [0.29, 0.717) is 0 Å². The van der Waals surface area contributed by atoms with Gasteiger partial charge in [0, 0.05) is 18.7 Å². The maximum Gasteiger partial charge on any atom is 0.253 e. The lowest BCUT2D eigenvalue weighted by Gasteiger charge is -2.21. The van der Waals surface area contributed by atoms with Gasteiger partial charge in [0.15, 0.2) is 0 Å². The van der Waals surface area contributed by atoms with Gasteiger partial charge < -0.3 is 9.88 Å². The Bertz CT molecular complexity index is 527. The highest BCUT2D eigenvalue weighted by Crippen LogP contribution is 2.14. The molecule has 0 radical (unpaired) electrons. The molecule has 0 saturated heterocycles. The van der Waals surface area contributed by atoms with E-state index in [9.17, 15) is 4.79 Å². The molecule has 0 aliphatic rings. The van der Waals surface area contributed by atoms with Crippen molar-refractivity contribution in [3.63, 3.8) is 0 Å². The molecule has 1 aromatic carbocycles. The molecule has 1 N–H and O–H groups in total. The summed E-state index contributed by atoms with van der Waals surface area (Å²) in [5, 5.41) is 0. The normalized spacial score (nSPS) is 10.8. The monoisotopic (exact) mass is 245 g/mol. The minimum absolute atomic E-state index is 0.107. The number of hydrogen-bond acceptors (Lipinski definition) is 2. The molecule has 18 heavy (non-hydrogen) atoms. The molecule has 2 rings (SSSR count). The second-order valence-corrected chi connectivity index (χ2v) is 4.43. The van der Waals surface area contributed by atoms with Crippen LogP contribution in [-0.4, -0.2) is 33.9 Å². The van der Waals surface area contributed by atoms with Crippen LogP contribution in [0.25, 0.3) is 11.0 Å². The number of aromatic amines is 1. The summed E-state index contributed by atoms with van der Waals surface area (Å²) in [6, 6.07) is 5.61. The van der Waals surface area contributed by atoms with Crippen LogP contribution in [0.4, 0.5) is 0 Å². The van der Waals surface area contributed by atoms with Crippen LogP contribution in [0.1, 0.15) is 37.0 Å². The fraction of sp³-hybridized carbons (Fsp3) is 0.429. The van der Waals surface area contributed by atoms with Crippen LogP contribution >= 0.6 is 0 Å². The Balaban J connectivity index is 2.24. The first-order valence-electron chi connectivity index (χ1n) is 6.48. The predicted octanol–water partition coefficient (Wildman–Crippen LogP) is 2.83. The minimum Gasteiger partial charge on any atom is -0.345 e. The topological polar surface area (TPSA) is 49.0 Å². The van der Waals surface area contributed by atoms with Crippen molar-refractivity contribution in [2.45, 2.75) is 26.7 Å². The van der Waals surface area contributed by atoms with Crippen molar-refractivity contribution in [1.82, 2.24) is 14.9 Å². The molecule has 1 aromatic heterocycles. The first-order chi connectivity index (χ1) is 8.76. The van der Waals surface area contributed by atoms with Gasteiger partial charge in [0.05, 0.1) is 17.4 Å². The molecule has 0 bridgehead atoms. The summed E-state index contributed by atoms with van der Waals surface area (Å²) >= 11 is 0. The number of imidazole rings is 1. The highest BCUT2D eigenvalue weighted by atomic mass is 16.2. The van der Waals surface area contributed by atoms with Crippen molar-refractivity contribution in [3.8, 4) is 0 Å². The average molecular weight is 245 g/mol. The first-order valence-corrected chi connectivity index (χ1v) is 6.48. The number of H-pyrrole nitrogens is 1. The summed E-state index contributed by atoms with van der Waals surface area (Å²) in [6.07, 6.45) is 3.62. The second-order valence-electron chi connectivity index (χ2n) is 4.43. The summed E-state index contributed by atoms with van der Waals surface area (Å²) in [7, 11) is 0. The van der Waals surface area contributed by atoms with Gasteiger partial charge in [-0.25, -0.2) is 4.98 Å². The van der Waals surface area contributed by atoms with Crippen molar-refractivity contribution in [2.75, 3.05) is 13.1 Å². The van der Waals surface area contributed by atoms with Crippen LogP contribution in [-0.2, 0) is 0 Å². The number of hydrogen-bond donors (Lipinski definition) is 1. The van der Waals surface area contributed by atoms with Gasteiger partial charge in [0.1, 0.15) is 0 Å². The standard InChI is InChI=1S/C14H19N3O/c1-3-7-17(8-4-2)14(18)11-5-6-12-13(9-11)16-10-15-12/h5-6,9-10H,3-4,7-8H2,1-2H3,(H,15,16). The summed E-state index contributed by atoms with van der Waals surface area (Å²) in [5.41, 5.74) is 2.53. The fourth-order valence-corrected chi connectivity index (χ4v) is 2.11. The molecular weight excluding hydrogens is 226 g/mol. The van der Waals surface area contributed by atoms with Gasteiger partial charge in [-0.15, -0.1) is 0 Å². The van der Waals surface area contributed by atoms with E-state index < -0.39 is 0 Å². The Morgan fingerprint density at radius 3 is 2.67 bits per heavy atom. The van der Waals surface area contributed by atoms with Gasteiger partial charge >= 0.3 is 0 Å². The lowest BCUT2D eigenvalue weighted by molar-refractivity contribution is 0.0755. The molecule has 0 saturated carbocycles. The molecule has 0 spiro atoms. The summed E-state index contributed by atoms with van der Waals surface area (Å²) in [5.74, 6) is 0.107. The number of benzene rings is 1. The largest absolute Gasteiger partial charge is 0.345 e. The molecule has 4 nitrogen and oxygen atoms in total. The van der Waals surface area contributed by atoms with Crippen molar-refractivity contribution in [2.24, 2.45) is 0 Å². The zero-order valence-corrected chi connectivity index (χ0v) is 10.9. The second kappa shape index (κ2) is 5.67. The van der Waals surface area contributed by atoms with E-state index in [2.05, 4.69) is 23.8 Å². The van der Waals surface area contributed by atoms with E-state index in [0.717, 1.165) is 42.5 Å². The lowest BCUT2D eigenvalue weighted by Crippen LogP contribution is -2.32. The van der Waals surface area contributed by atoms with Gasteiger partial charge in [-0.1, -0.05) is 13.8 Å². The SMILES string of the molecule is CCCN(CCC)C(=O)c1ccc2nc[nH]c2c1. The fourth-order valence-electron chi connectivity index (χ4n) is 2.11. The Morgan fingerprint density at radius 1 is 1.28 bits per heavy atom. The van der Waals surface area contributed by atoms with E-state index in [-0.39, 0.29) is 5.91 Å². The smallest absolute Gasteiger partial charge is 0.253 e. The van der Waals surface area contributed by atoms with Gasteiger partial charge in [-0.3, -0.25) is 4.79 Å². The minimum atomic E-state index is 0.107. The third-order valence-corrected chi connectivity index (χ3v) is 2.94. The van der Waals surface area contributed by atoms with Crippen LogP contribution < -0.4 is 0 Å². The number of rotatable bonds is 5. The first kappa shape index (κ1) is 12.6. The molecule has 0 aliphatic carbocycles. The summed E-state index contributed by atoms with van der Waals surface area (Å²) < 4.78 is 0. The molecular formula is C14H19N3O. The van der Waals surface area contributed by atoms with E-state index in [1.165, 1.54) is 0 Å². The van der Waals surface area contributed by atoms with Crippen LogP contribution in [0.3, 0.4) is 0 Å². The molecule has 1 heterocycles. The third kappa shape index (κ3) is 2.53. The van der Waals surface area contributed by atoms with Crippen LogP contribution in [0.2, 0.25) is 0 Å². The maximum atomic E-state index is 12.4. The molecule has 0 fully saturated rings. The van der Waals surface area contributed by atoms with Crippen LogP contribution in [0, 0.1) is 0 Å². The van der Waals surface area contributed by atoms with Crippen molar-refractivity contribution < 1.29 is 4.79 Å². The Kier molecular flexibility index (Phi) is 3.97. The Morgan fingerprint density at radius 2 is 2.00 bits per heavy atom.